The summed E-state index contributed by atoms with van der Waals surface area (Å²) in [6.45, 7) is 17.1. The third kappa shape index (κ3) is 14.8. The van der Waals surface area contributed by atoms with Crippen molar-refractivity contribution in [1.82, 2.24) is 20.0 Å². The van der Waals surface area contributed by atoms with Crippen molar-refractivity contribution < 1.29 is 19.1 Å². The molecule has 4 aliphatic heterocycles. The number of carbonyl (C=O) groups is 2. The van der Waals surface area contributed by atoms with Crippen LogP contribution < -0.4 is 15.1 Å². The van der Waals surface area contributed by atoms with Gasteiger partial charge in [-0.2, -0.15) is 0 Å². The molecule has 0 aromatic heterocycles. The number of nitrogens with zero attached hydrogens (tertiary/aromatic N) is 5. The van der Waals surface area contributed by atoms with Crippen molar-refractivity contribution in [2.24, 2.45) is 0 Å². The largest absolute Gasteiger partial charge is 0.466 e. The number of nitrogens with one attached hydrogen (secondary N) is 1. The zero-order valence-electron chi connectivity index (χ0n) is 39.8. The highest BCUT2D eigenvalue weighted by Gasteiger charge is 2.36. The van der Waals surface area contributed by atoms with Gasteiger partial charge in [0, 0.05) is 106 Å². The summed E-state index contributed by atoms with van der Waals surface area (Å²) in [5, 5.41) is 5.10. The van der Waals surface area contributed by atoms with E-state index in [1.807, 2.05) is 49.9 Å². The quantitative estimate of drug-likeness (QED) is 0.182. The Balaban J connectivity index is 0.000000195. The van der Waals surface area contributed by atoms with Crippen molar-refractivity contribution in [3.63, 3.8) is 0 Å². The predicted molar refractivity (Wildman–Crippen MR) is 267 cm³/mol. The van der Waals surface area contributed by atoms with E-state index >= 15 is 0 Å². The molecule has 0 radical (unpaired) electrons. The highest BCUT2D eigenvalue weighted by Crippen LogP contribution is 2.33. The molecule has 10 nitrogen and oxygen atoms in total. The van der Waals surface area contributed by atoms with E-state index < -0.39 is 5.60 Å². The molecule has 1 amide bonds. The first-order valence-electron chi connectivity index (χ1n) is 23.6. The minimum Gasteiger partial charge on any atom is -0.466 e. The van der Waals surface area contributed by atoms with Crippen molar-refractivity contribution in [3.05, 3.63) is 129 Å². The molecule has 0 spiro atoms. The lowest BCUT2D eigenvalue weighted by molar-refractivity contribution is -0.140. The molecule has 8 rings (SSSR count). The van der Waals surface area contributed by atoms with E-state index in [1.165, 1.54) is 53.4 Å². The van der Waals surface area contributed by atoms with Gasteiger partial charge >= 0.3 is 12.1 Å². The van der Waals surface area contributed by atoms with Crippen LogP contribution in [-0.4, -0.2) is 117 Å². The number of esters is 1. The second-order valence-corrected chi connectivity index (χ2v) is 19.8. The number of amides is 1. The Morgan fingerprint density at radius 2 is 1.09 bits per heavy atom. The Bertz CT molecular complexity index is 2100. The van der Waals surface area contributed by atoms with Gasteiger partial charge in [-0.05, 0) is 138 Å². The molecule has 0 aliphatic carbocycles. The van der Waals surface area contributed by atoms with Crippen LogP contribution in [0.2, 0.25) is 10.0 Å². The van der Waals surface area contributed by atoms with Gasteiger partial charge in [-0.3, -0.25) is 14.6 Å². The van der Waals surface area contributed by atoms with E-state index in [4.69, 9.17) is 27.9 Å². The smallest absolute Gasteiger partial charge is 0.410 e. The first-order valence-corrected chi connectivity index (χ1v) is 24.3. The van der Waals surface area contributed by atoms with Gasteiger partial charge in [0.1, 0.15) is 5.60 Å². The number of carbonyl (C=O) groups excluding carboxylic acids is 2. The van der Waals surface area contributed by atoms with Crippen molar-refractivity contribution in [2.45, 2.75) is 116 Å². The number of anilines is 2. The van der Waals surface area contributed by atoms with Crippen LogP contribution in [0.3, 0.4) is 0 Å². The molecule has 0 bridgehead atoms. The summed E-state index contributed by atoms with van der Waals surface area (Å²) in [7, 11) is 4.43. The second-order valence-electron chi connectivity index (χ2n) is 18.9. The number of ether oxygens (including phenoxy) is 2. The van der Waals surface area contributed by atoms with Gasteiger partial charge < -0.3 is 29.5 Å². The van der Waals surface area contributed by atoms with Crippen molar-refractivity contribution >= 4 is 46.6 Å². The molecular formula is C53H72Cl2N6O4. The Morgan fingerprint density at radius 3 is 1.49 bits per heavy atom. The number of piperidine rings is 2. The molecule has 65 heavy (non-hydrogen) atoms. The first kappa shape index (κ1) is 50.1. The lowest BCUT2D eigenvalue weighted by Gasteiger charge is -2.42. The van der Waals surface area contributed by atoms with Gasteiger partial charge in [-0.15, -0.1) is 0 Å². The molecule has 4 aliphatic rings. The molecule has 4 aromatic carbocycles. The summed E-state index contributed by atoms with van der Waals surface area (Å²) in [5.74, 6) is -0.211. The molecule has 2 unspecified atom stereocenters. The Kier molecular flexibility index (Phi) is 18.4. The number of para-hydroxylation sites is 2. The average molecular weight is 928 g/mol. The molecule has 1 N–H and O–H groups in total. The Hall–Kier alpha value is -4.32. The Morgan fingerprint density at radius 1 is 0.662 bits per heavy atom. The van der Waals surface area contributed by atoms with E-state index in [2.05, 4.69) is 117 Å². The fraction of sp³-hybridized carbons (Fsp3) is 0.509. The Labute approximate surface area is 399 Å². The third-order valence-electron chi connectivity index (χ3n) is 12.9. The van der Waals surface area contributed by atoms with Crippen LogP contribution in [-0.2, 0) is 40.2 Å². The molecule has 0 saturated carbocycles. The summed E-state index contributed by atoms with van der Waals surface area (Å²) >= 11 is 12.2. The molecule has 2 saturated heterocycles. The van der Waals surface area contributed by atoms with Gasteiger partial charge in [0.05, 0.1) is 6.61 Å². The number of fused-ring (bicyclic) bond motifs is 2. The van der Waals surface area contributed by atoms with Crippen LogP contribution >= 0.6 is 23.2 Å². The van der Waals surface area contributed by atoms with Crippen molar-refractivity contribution in [1.29, 1.82) is 0 Å². The van der Waals surface area contributed by atoms with Crippen molar-refractivity contribution in [2.75, 3.05) is 69.8 Å². The van der Waals surface area contributed by atoms with Gasteiger partial charge in [-0.25, -0.2) is 4.79 Å². The normalized spacial score (nSPS) is 19.9. The van der Waals surface area contributed by atoms with E-state index in [9.17, 15) is 9.59 Å². The van der Waals surface area contributed by atoms with Gasteiger partial charge in [-0.1, -0.05) is 83.9 Å². The number of benzene rings is 4. The summed E-state index contributed by atoms with van der Waals surface area (Å²) in [6.07, 6.45) is 6.25. The zero-order valence-corrected chi connectivity index (χ0v) is 41.3. The number of rotatable bonds is 7. The summed E-state index contributed by atoms with van der Waals surface area (Å²) < 4.78 is 10.0. The van der Waals surface area contributed by atoms with Crippen LogP contribution in [0, 0.1) is 0 Å². The number of halogens is 2. The van der Waals surface area contributed by atoms with Crippen molar-refractivity contribution in [3.8, 4) is 0 Å². The molecule has 4 aromatic rings. The fourth-order valence-electron chi connectivity index (χ4n) is 9.78. The third-order valence-corrected chi connectivity index (χ3v) is 13.4. The predicted octanol–water partition coefficient (Wildman–Crippen LogP) is 10.1. The topological polar surface area (TPSA) is 80.8 Å². The van der Waals surface area contributed by atoms with E-state index in [0.29, 0.717) is 30.8 Å². The molecule has 12 heteroatoms. The van der Waals surface area contributed by atoms with E-state index in [-0.39, 0.29) is 12.1 Å². The molecule has 2 fully saturated rings. The van der Waals surface area contributed by atoms with Gasteiger partial charge in [0.15, 0.2) is 0 Å². The van der Waals surface area contributed by atoms with Crippen LogP contribution in [0.15, 0.2) is 97.1 Å². The summed E-state index contributed by atoms with van der Waals surface area (Å²) in [5.41, 5.74) is 7.73. The minimum atomic E-state index is -0.462. The average Bonchev–Trinajstić information content (AvgIpc) is 3.52. The highest BCUT2D eigenvalue weighted by molar-refractivity contribution is 6.30. The maximum Gasteiger partial charge on any atom is 0.410 e. The van der Waals surface area contributed by atoms with E-state index in [1.54, 1.807) is 6.92 Å². The van der Waals surface area contributed by atoms with Crippen LogP contribution in [0.4, 0.5) is 16.2 Å². The molecular weight excluding hydrogens is 856 g/mol. The first-order chi connectivity index (χ1) is 31.2. The fourth-order valence-corrected chi connectivity index (χ4v) is 10.0. The maximum atomic E-state index is 12.6. The number of hydrogen-bond donors (Lipinski definition) is 1. The summed E-state index contributed by atoms with van der Waals surface area (Å²) in [6, 6.07) is 36.2. The number of hydrogen-bond acceptors (Lipinski definition) is 9. The maximum absolute atomic E-state index is 12.6. The zero-order chi connectivity index (χ0) is 46.5. The lowest BCUT2D eigenvalue weighted by atomic mass is 9.97. The molecule has 4 heterocycles. The van der Waals surface area contributed by atoms with Crippen LogP contribution in [0.1, 0.15) is 82.6 Å². The van der Waals surface area contributed by atoms with Crippen LogP contribution in [0.5, 0.6) is 0 Å². The number of likely N-dealkylation sites (tertiary alicyclic amines) is 1. The second kappa shape index (κ2) is 23.9. The highest BCUT2D eigenvalue weighted by atomic mass is 35.5. The van der Waals surface area contributed by atoms with Gasteiger partial charge in [0.25, 0.3) is 0 Å². The number of likely N-dealkylation sites (N-methyl/N-ethyl adjacent to an activating group) is 2. The molecule has 2 atom stereocenters. The summed E-state index contributed by atoms with van der Waals surface area (Å²) in [4.78, 5) is 34.5. The SMILES string of the molecule is CCOC(C)=O.CN1CC(Cc2ccc(Cl)cc2)N(C2CCN(C(=O)OC(C)(C)C)CC2)Cc2ccccc21.CN1CC(Cc2ccc(Cl)cc2)N(C2CCNCC2)Cc2ccccc21. The molecule has 352 valence electrons. The van der Waals surface area contributed by atoms with Gasteiger partial charge in [0.2, 0.25) is 0 Å². The van der Waals surface area contributed by atoms with E-state index in [0.717, 1.165) is 88.1 Å². The standard InChI is InChI=1S/C27H36ClN3O2.C22H28ClN3.C4H8O2/c1-27(2,3)33-26(32)30-15-13-23(14-16-30)31-18-21-7-5-6-8-25(21)29(4)19-24(31)17-20-9-11-22(28)12-10-20;1-25-16-21(14-17-6-8-19(23)9-7-17)26(20-10-12-24-13-11-20)15-18-4-2-3-5-22(18)25;1-3-6-4(2)5/h5-12,23-24H,13-19H2,1-4H3;2-9,20-21,24H,10-16H2,1H3;3H2,1-2H3. The minimum absolute atomic E-state index is 0.195. The monoisotopic (exact) mass is 926 g/mol. The van der Waals surface area contributed by atoms with Crippen LogP contribution in [0.25, 0.3) is 0 Å². The lowest BCUT2D eigenvalue weighted by Crippen LogP contribution is -2.52.